The Bertz CT molecular complexity index is 1180. The van der Waals surface area contributed by atoms with Crippen LogP contribution in [0.15, 0.2) is 40.9 Å². The van der Waals surface area contributed by atoms with Crippen molar-refractivity contribution in [3.8, 4) is 11.3 Å². The summed E-state index contributed by atoms with van der Waals surface area (Å²) in [6.45, 7) is 1.97. The Morgan fingerprint density at radius 2 is 1.97 bits per heavy atom. The summed E-state index contributed by atoms with van der Waals surface area (Å²) in [6.07, 6.45) is 0.0905. The molecule has 168 valence electrons. The van der Waals surface area contributed by atoms with Gasteiger partial charge in [-0.15, -0.1) is 0 Å². The van der Waals surface area contributed by atoms with E-state index in [0.29, 0.717) is 21.9 Å². The van der Waals surface area contributed by atoms with Gasteiger partial charge in [-0.2, -0.15) is 18.3 Å². The van der Waals surface area contributed by atoms with E-state index in [1.165, 1.54) is 19.3 Å². The summed E-state index contributed by atoms with van der Waals surface area (Å²) >= 11 is 3.29. The molecule has 0 saturated heterocycles. The lowest BCUT2D eigenvalue weighted by Crippen LogP contribution is -2.40. The first kappa shape index (κ1) is 21.4. The Kier molecular flexibility index (Phi) is 5.27. The van der Waals surface area contributed by atoms with E-state index in [1.54, 1.807) is 30.3 Å². The molecule has 2 aliphatic carbocycles. The van der Waals surface area contributed by atoms with Gasteiger partial charge in [0, 0.05) is 11.6 Å². The van der Waals surface area contributed by atoms with Crippen molar-refractivity contribution in [1.82, 2.24) is 19.9 Å². The van der Waals surface area contributed by atoms with Crippen LogP contribution >= 0.6 is 15.9 Å². The minimum Gasteiger partial charge on any atom is -0.348 e. The van der Waals surface area contributed by atoms with E-state index in [-0.39, 0.29) is 27.5 Å². The van der Waals surface area contributed by atoms with Crippen molar-refractivity contribution in [2.24, 2.45) is 17.8 Å². The van der Waals surface area contributed by atoms with Gasteiger partial charge in [0.15, 0.2) is 17.0 Å². The molecule has 2 fully saturated rings. The summed E-state index contributed by atoms with van der Waals surface area (Å²) in [5.41, 5.74) is -0.417. The molecule has 4 atom stereocenters. The van der Waals surface area contributed by atoms with Crippen LogP contribution in [0.4, 0.5) is 13.2 Å². The van der Waals surface area contributed by atoms with Crippen molar-refractivity contribution >= 4 is 27.5 Å². The van der Waals surface area contributed by atoms with Crippen molar-refractivity contribution in [1.29, 1.82) is 0 Å². The van der Waals surface area contributed by atoms with Crippen LogP contribution in [0.1, 0.15) is 48.8 Å². The van der Waals surface area contributed by atoms with Gasteiger partial charge in [0.25, 0.3) is 5.91 Å². The second-order valence-electron chi connectivity index (χ2n) is 8.89. The molecule has 2 saturated carbocycles. The smallest absolute Gasteiger partial charge is 0.348 e. The van der Waals surface area contributed by atoms with Crippen molar-refractivity contribution in [2.75, 3.05) is 0 Å². The number of rotatable bonds is 4. The number of aromatic nitrogens is 3. The van der Waals surface area contributed by atoms with Crippen molar-refractivity contribution in [3.63, 3.8) is 0 Å². The average Bonchev–Trinajstić information content (AvgIpc) is 3.48. The number of nitrogens with one attached hydrogen (secondary N) is 1. The topological polar surface area (TPSA) is 59.3 Å². The van der Waals surface area contributed by atoms with Gasteiger partial charge in [-0.05, 0) is 65.9 Å². The number of hydrogen-bond acceptors (Lipinski definition) is 3. The number of nitrogens with zero attached hydrogens (tertiary/aromatic N) is 3. The third-order valence-corrected chi connectivity index (χ3v) is 7.63. The second kappa shape index (κ2) is 7.86. The Balaban J connectivity index is 1.51. The van der Waals surface area contributed by atoms with E-state index in [0.717, 1.165) is 18.4 Å². The van der Waals surface area contributed by atoms with Gasteiger partial charge in [0.2, 0.25) is 0 Å². The standard InChI is InChI=1S/C23H22BrF3N4O/c1-12(16-10-13-7-8-15(16)9-13)28-22(32)20-19(24)21-29-17(14-5-3-2-4-6-14)11-18(23(25,26)27)31(21)30-20/h2-6,11-13,15-16H,7-10H2,1H3,(H,28,32). The van der Waals surface area contributed by atoms with E-state index in [9.17, 15) is 18.0 Å². The number of carbonyl (C=O) groups excluding carboxylic acids is 1. The Labute approximate surface area is 191 Å². The zero-order valence-electron chi connectivity index (χ0n) is 17.4. The molecule has 2 aliphatic rings. The minimum absolute atomic E-state index is 0.0450. The fourth-order valence-corrected chi connectivity index (χ4v) is 5.90. The summed E-state index contributed by atoms with van der Waals surface area (Å²) in [4.78, 5) is 17.4. The molecule has 32 heavy (non-hydrogen) atoms. The molecule has 1 amide bonds. The van der Waals surface area contributed by atoms with Crippen LogP contribution in [0.2, 0.25) is 0 Å². The summed E-state index contributed by atoms with van der Waals surface area (Å²) in [5, 5.41) is 6.99. The number of amides is 1. The molecular weight excluding hydrogens is 485 g/mol. The van der Waals surface area contributed by atoms with E-state index in [1.807, 2.05) is 6.92 Å². The van der Waals surface area contributed by atoms with Gasteiger partial charge in [-0.25, -0.2) is 9.50 Å². The van der Waals surface area contributed by atoms with Crippen LogP contribution in [0.25, 0.3) is 16.9 Å². The zero-order valence-corrected chi connectivity index (χ0v) is 18.9. The molecule has 2 bridgehead atoms. The molecule has 3 aromatic rings. The van der Waals surface area contributed by atoms with Gasteiger partial charge in [0.05, 0.1) is 10.2 Å². The van der Waals surface area contributed by atoms with Crippen LogP contribution in [-0.4, -0.2) is 26.5 Å². The molecule has 2 aromatic heterocycles. The maximum absolute atomic E-state index is 13.9. The first-order chi connectivity index (χ1) is 15.2. The lowest BCUT2D eigenvalue weighted by Gasteiger charge is -2.28. The number of hydrogen-bond donors (Lipinski definition) is 1. The van der Waals surface area contributed by atoms with Crippen LogP contribution in [0.5, 0.6) is 0 Å². The lowest BCUT2D eigenvalue weighted by atomic mass is 9.84. The third kappa shape index (κ3) is 3.70. The van der Waals surface area contributed by atoms with Crippen LogP contribution in [-0.2, 0) is 6.18 Å². The van der Waals surface area contributed by atoms with E-state index in [2.05, 4.69) is 31.3 Å². The molecular formula is C23H22BrF3N4O. The largest absolute Gasteiger partial charge is 0.433 e. The molecule has 5 rings (SSSR count). The minimum atomic E-state index is -4.67. The first-order valence-corrected chi connectivity index (χ1v) is 11.5. The van der Waals surface area contributed by atoms with Crippen LogP contribution < -0.4 is 5.32 Å². The first-order valence-electron chi connectivity index (χ1n) is 10.7. The van der Waals surface area contributed by atoms with Crippen LogP contribution in [0, 0.1) is 17.8 Å². The number of benzene rings is 1. The van der Waals surface area contributed by atoms with E-state index >= 15 is 0 Å². The summed E-state index contributed by atoms with van der Waals surface area (Å²) in [5.74, 6) is 1.27. The molecule has 2 heterocycles. The van der Waals surface area contributed by atoms with E-state index < -0.39 is 17.8 Å². The third-order valence-electron chi connectivity index (χ3n) is 6.90. The highest BCUT2D eigenvalue weighted by atomic mass is 79.9. The summed E-state index contributed by atoms with van der Waals surface area (Å²) < 4.78 is 42.4. The fraction of sp³-hybridized carbons (Fsp3) is 0.435. The quantitative estimate of drug-likeness (QED) is 0.491. The van der Waals surface area contributed by atoms with Crippen molar-refractivity contribution in [3.05, 3.63) is 52.3 Å². The maximum atomic E-state index is 13.9. The lowest BCUT2D eigenvalue weighted by molar-refractivity contribution is -0.142. The van der Waals surface area contributed by atoms with Gasteiger partial charge in [-0.3, -0.25) is 4.79 Å². The molecule has 0 aliphatic heterocycles. The Morgan fingerprint density at radius 1 is 1.22 bits per heavy atom. The van der Waals surface area contributed by atoms with Gasteiger partial charge < -0.3 is 5.32 Å². The fourth-order valence-electron chi connectivity index (χ4n) is 5.38. The number of halogens is 4. The summed E-state index contributed by atoms with van der Waals surface area (Å²) in [7, 11) is 0. The molecule has 0 spiro atoms. The van der Waals surface area contributed by atoms with Crippen molar-refractivity contribution < 1.29 is 18.0 Å². The highest BCUT2D eigenvalue weighted by molar-refractivity contribution is 9.10. The van der Waals surface area contributed by atoms with Gasteiger partial charge in [-0.1, -0.05) is 36.8 Å². The monoisotopic (exact) mass is 506 g/mol. The molecule has 0 radical (unpaired) electrons. The van der Waals surface area contributed by atoms with Crippen LogP contribution in [0.3, 0.4) is 0 Å². The van der Waals surface area contributed by atoms with Crippen molar-refractivity contribution in [2.45, 2.75) is 44.8 Å². The van der Waals surface area contributed by atoms with E-state index in [4.69, 9.17) is 0 Å². The second-order valence-corrected chi connectivity index (χ2v) is 9.68. The maximum Gasteiger partial charge on any atom is 0.433 e. The number of alkyl halides is 3. The van der Waals surface area contributed by atoms with Gasteiger partial charge in [0.1, 0.15) is 0 Å². The SMILES string of the molecule is CC(NC(=O)c1nn2c(C(F)(F)F)cc(-c3ccccc3)nc2c1Br)C1CC2CCC1C2. The highest BCUT2D eigenvalue weighted by Crippen LogP contribution is 2.49. The Hall–Kier alpha value is -2.42. The predicted molar refractivity (Wildman–Crippen MR) is 117 cm³/mol. The number of carbonyl (C=O) groups is 1. The highest BCUT2D eigenvalue weighted by Gasteiger charge is 2.42. The average molecular weight is 507 g/mol. The number of fused-ring (bicyclic) bond motifs is 3. The molecule has 1 N–H and O–H groups in total. The molecule has 1 aromatic carbocycles. The molecule has 4 unspecified atom stereocenters. The summed E-state index contributed by atoms with van der Waals surface area (Å²) in [6, 6.07) is 9.51. The molecule has 5 nitrogen and oxygen atoms in total. The predicted octanol–water partition coefficient (Wildman–Crippen LogP) is 5.73. The molecule has 9 heteroatoms. The van der Waals surface area contributed by atoms with Gasteiger partial charge >= 0.3 is 6.18 Å². The zero-order chi connectivity index (χ0) is 22.6. The Morgan fingerprint density at radius 3 is 2.59 bits per heavy atom. The normalized spacial score (nSPS) is 23.6.